The third-order valence-corrected chi connectivity index (χ3v) is 4.13. The van der Waals surface area contributed by atoms with Gasteiger partial charge in [-0.3, -0.25) is 4.79 Å². The maximum absolute atomic E-state index is 12.6. The van der Waals surface area contributed by atoms with Crippen molar-refractivity contribution in [3.63, 3.8) is 0 Å². The molecule has 0 aliphatic rings. The molecule has 1 atom stereocenters. The summed E-state index contributed by atoms with van der Waals surface area (Å²) in [5.74, 6) is 0.427. The number of aromatic nitrogens is 3. The first kappa shape index (κ1) is 14.4. The Morgan fingerprint density at radius 1 is 1.00 bits per heavy atom. The summed E-state index contributed by atoms with van der Waals surface area (Å²) in [7, 11) is 0. The molecule has 0 unspecified atom stereocenters. The van der Waals surface area contributed by atoms with Gasteiger partial charge in [-0.2, -0.15) is 0 Å². The van der Waals surface area contributed by atoms with Gasteiger partial charge in [0.1, 0.15) is 11.9 Å². The third-order valence-electron chi connectivity index (χ3n) is 4.13. The quantitative estimate of drug-likeness (QED) is 0.625. The van der Waals surface area contributed by atoms with Gasteiger partial charge in [-0.05, 0) is 37.3 Å². The number of pyridine rings is 1. The topological polar surface area (TPSA) is 59.8 Å². The highest BCUT2D eigenvalue weighted by atomic mass is 16.2. The van der Waals surface area contributed by atoms with E-state index in [4.69, 9.17) is 0 Å². The molecule has 1 N–H and O–H groups in total. The van der Waals surface area contributed by atoms with Crippen LogP contribution in [0.15, 0.2) is 67.0 Å². The summed E-state index contributed by atoms with van der Waals surface area (Å²) < 4.78 is 1.87. The van der Waals surface area contributed by atoms with Crippen LogP contribution in [0.5, 0.6) is 0 Å². The minimum atomic E-state index is -0.384. The average Bonchev–Trinajstić information content (AvgIpc) is 3.05. The molecule has 0 spiro atoms. The van der Waals surface area contributed by atoms with E-state index in [0.29, 0.717) is 5.82 Å². The summed E-state index contributed by atoms with van der Waals surface area (Å²) in [6.07, 6.45) is 1.70. The molecule has 0 saturated carbocycles. The van der Waals surface area contributed by atoms with Crippen LogP contribution in [-0.2, 0) is 4.79 Å². The Kier molecular flexibility index (Phi) is 3.46. The van der Waals surface area contributed by atoms with E-state index in [9.17, 15) is 4.79 Å². The van der Waals surface area contributed by atoms with Gasteiger partial charge in [-0.15, -0.1) is 0 Å². The number of hydrogen-bond donors (Lipinski definition) is 1. The molecular formula is C19H16N4O. The Bertz CT molecular complexity index is 1040. The SMILES string of the molecule is C[C@@H](C(=O)Nc1ccc2ccccc2n1)n1cnc2ccccc21. The molecule has 0 fully saturated rings. The lowest BCUT2D eigenvalue weighted by atomic mass is 10.2. The lowest BCUT2D eigenvalue weighted by Gasteiger charge is -2.14. The van der Waals surface area contributed by atoms with Crippen LogP contribution >= 0.6 is 0 Å². The van der Waals surface area contributed by atoms with E-state index in [-0.39, 0.29) is 11.9 Å². The van der Waals surface area contributed by atoms with Gasteiger partial charge in [-0.1, -0.05) is 30.3 Å². The number of fused-ring (bicyclic) bond motifs is 2. The zero-order chi connectivity index (χ0) is 16.5. The molecule has 0 radical (unpaired) electrons. The maximum Gasteiger partial charge on any atom is 0.248 e. The Labute approximate surface area is 139 Å². The summed E-state index contributed by atoms with van der Waals surface area (Å²) in [5, 5.41) is 3.93. The summed E-state index contributed by atoms with van der Waals surface area (Å²) in [4.78, 5) is 21.4. The van der Waals surface area contributed by atoms with Crippen LogP contribution in [0.1, 0.15) is 13.0 Å². The Hall–Kier alpha value is -3.21. The normalized spacial score (nSPS) is 12.4. The summed E-state index contributed by atoms with van der Waals surface area (Å²) in [5.41, 5.74) is 2.67. The molecule has 0 aliphatic heterocycles. The van der Waals surface area contributed by atoms with Crippen LogP contribution < -0.4 is 5.32 Å². The highest BCUT2D eigenvalue weighted by molar-refractivity contribution is 5.94. The van der Waals surface area contributed by atoms with Crippen molar-refractivity contribution in [3.05, 3.63) is 67.0 Å². The second-order valence-corrected chi connectivity index (χ2v) is 5.69. The van der Waals surface area contributed by atoms with Crippen molar-refractivity contribution in [1.82, 2.24) is 14.5 Å². The predicted molar refractivity (Wildman–Crippen MR) is 94.8 cm³/mol. The van der Waals surface area contributed by atoms with E-state index < -0.39 is 0 Å². The van der Waals surface area contributed by atoms with Gasteiger partial charge in [0.25, 0.3) is 0 Å². The summed E-state index contributed by atoms with van der Waals surface area (Å²) in [6.45, 7) is 1.85. The highest BCUT2D eigenvalue weighted by Crippen LogP contribution is 2.19. The number of nitrogens with zero attached hydrogens (tertiary/aromatic N) is 3. The molecule has 2 aromatic carbocycles. The summed E-state index contributed by atoms with van der Waals surface area (Å²) in [6, 6.07) is 19.0. The Morgan fingerprint density at radius 2 is 1.75 bits per heavy atom. The van der Waals surface area contributed by atoms with Gasteiger partial charge in [0.05, 0.1) is 22.9 Å². The van der Waals surface area contributed by atoms with Crippen molar-refractivity contribution in [2.24, 2.45) is 0 Å². The molecular weight excluding hydrogens is 300 g/mol. The molecule has 5 heteroatoms. The van der Waals surface area contributed by atoms with E-state index in [0.717, 1.165) is 21.9 Å². The van der Waals surface area contributed by atoms with E-state index in [1.165, 1.54) is 0 Å². The van der Waals surface area contributed by atoms with Gasteiger partial charge in [0.15, 0.2) is 0 Å². The molecule has 2 heterocycles. The highest BCUT2D eigenvalue weighted by Gasteiger charge is 2.17. The van der Waals surface area contributed by atoms with Gasteiger partial charge in [-0.25, -0.2) is 9.97 Å². The van der Waals surface area contributed by atoms with Crippen LogP contribution in [0.3, 0.4) is 0 Å². The van der Waals surface area contributed by atoms with Crippen LogP contribution in [0.4, 0.5) is 5.82 Å². The minimum Gasteiger partial charge on any atom is -0.318 e. The number of anilines is 1. The first-order valence-electron chi connectivity index (χ1n) is 7.80. The number of imidazole rings is 1. The third kappa shape index (κ3) is 2.50. The lowest BCUT2D eigenvalue weighted by Crippen LogP contribution is -2.23. The molecule has 0 saturated heterocycles. The van der Waals surface area contributed by atoms with Crippen molar-refractivity contribution in [2.75, 3.05) is 5.32 Å². The standard InChI is InChI=1S/C19H16N4O/c1-13(23-12-20-16-8-4-5-9-17(16)23)19(24)22-18-11-10-14-6-2-3-7-15(14)21-18/h2-13H,1H3,(H,21,22,24)/t13-/m0/s1. The van der Waals surface area contributed by atoms with Gasteiger partial charge < -0.3 is 9.88 Å². The number of benzene rings is 2. The molecule has 4 aromatic rings. The maximum atomic E-state index is 12.6. The van der Waals surface area contributed by atoms with Crippen molar-refractivity contribution in [1.29, 1.82) is 0 Å². The zero-order valence-corrected chi connectivity index (χ0v) is 13.2. The number of hydrogen-bond acceptors (Lipinski definition) is 3. The van der Waals surface area contributed by atoms with Crippen molar-refractivity contribution >= 4 is 33.7 Å². The lowest BCUT2D eigenvalue weighted by molar-refractivity contribution is -0.118. The predicted octanol–water partition coefficient (Wildman–Crippen LogP) is 3.78. The van der Waals surface area contributed by atoms with E-state index in [1.54, 1.807) is 6.33 Å². The molecule has 24 heavy (non-hydrogen) atoms. The van der Waals surface area contributed by atoms with Crippen LogP contribution in [0.2, 0.25) is 0 Å². The van der Waals surface area contributed by atoms with E-state index in [2.05, 4.69) is 15.3 Å². The molecule has 5 nitrogen and oxygen atoms in total. The largest absolute Gasteiger partial charge is 0.318 e. The molecule has 0 aliphatic carbocycles. The number of nitrogens with one attached hydrogen (secondary N) is 1. The monoisotopic (exact) mass is 316 g/mol. The number of para-hydroxylation sites is 3. The average molecular weight is 316 g/mol. The zero-order valence-electron chi connectivity index (χ0n) is 13.2. The summed E-state index contributed by atoms with van der Waals surface area (Å²) >= 11 is 0. The number of carbonyl (C=O) groups excluding carboxylic acids is 1. The molecule has 118 valence electrons. The van der Waals surface area contributed by atoms with Crippen molar-refractivity contribution < 1.29 is 4.79 Å². The number of carbonyl (C=O) groups is 1. The molecule has 4 rings (SSSR count). The number of amides is 1. The fourth-order valence-corrected chi connectivity index (χ4v) is 2.78. The van der Waals surface area contributed by atoms with E-state index >= 15 is 0 Å². The molecule has 0 bridgehead atoms. The van der Waals surface area contributed by atoms with Crippen LogP contribution in [0, 0.1) is 0 Å². The number of rotatable bonds is 3. The smallest absolute Gasteiger partial charge is 0.248 e. The van der Waals surface area contributed by atoms with Gasteiger partial charge >= 0.3 is 0 Å². The fraction of sp³-hybridized carbons (Fsp3) is 0.105. The molecule has 2 aromatic heterocycles. The van der Waals surface area contributed by atoms with E-state index in [1.807, 2.05) is 72.2 Å². The van der Waals surface area contributed by atoms with Crippen LogP contribution in [-0.4, -0.2) is 20.4 Å². The van der Waals surface area contributed by atoms with Crippen molar-refractivity contribution in [2.45, 2.75) is 13.0 Å². The van der Waals surface area contributed by atoms with Crippen LogP contribution in [0.25, 0.3) is 21.9 Å². The second kappa shape index (κ2) is 5.77. The Balaban J connectivity index is 1.60. The molecule has 1 amide bonds. The van der Waals surface area contributed by atoms with Gasteiger partial charge in [0, 0.05) is 5.39 Å². The first-order chi connectivity index (χ1) is 11.7. The van der Waals surface area contributed by atoms with Gasteiger partial charge in [0.2, 0.25) is 5.91 Å². The van der Waals surface area contributed by atoms with Crippen molar-refractivity contribution in [3.8, 4) is 0 Å². The fourth-order valence-electron chi connectivity index (χ4n) is 2.78. The Morgan fingerprint density at radius 3 is 2.62 bits per heavy atom. The first-order valence-corrected chi connectivity index (χ1v) is 7.80. The second-order valence-electron chi connectivity index (χ2n) is 5.69. The minimum absolute atomic E-state index is 0.124.